The molecule has 5 nitrogen and oxygen atoms in total. The van der Waals surface area contributed by atoms with Crippen LogP contribution in [-0.2, 0) is 4.79 Å². The third-order valence-electron chi connectivity index (χ3n) is 2.93. The van der Waals surface area contributed by atoms with E-state index in [0.717, 1.165) is 9.13 Å². The molecule has 1 aliphatic heterocycles. The van der Waals surface area contributed by atoms with Crippen molar-refractivity contribution in [3.8, 4) is 11.5 Å². The molecule has 1 aromatic carbocycles. The van der Waals surface area contributed by atoms with Crippen molar-refractivity contribution in [3.63, 3.8) is 0 Å². The van der Waals surface area contributed by atoms with Crippen LogP contribution in [0.5, 0.6) is 11.5 Å². The van der Waals surface area contributed by atoms with Gasteiger partial charge in [0.1, 0.15) is 5.70 Å². The molecular weight excluding hydrogens is 403 g/mol. The number of methoxy groups -OCH3 is 1. The van der Waals surface area contributed by atoms with Crippen molar-refractivity contribution >= 4 is 51.9 Å². The molecule has 7 heteroatoms. The summed E-state index contributed by atoms with van der Waals surface area (Å²) in [6, 6.07) is 3.76. The number of nitrogens with zero attached hydrogens (tertiary/aromatic N) is 1. The van der Waals surface area contributed by atoms with Crippen LogP contribution < -0.4 is 14.8 Å². The van der Waals surface area contributed by atoms with E-state index in [1.54, 1.807) is 20.2 Å². The highest BCUT2D eigenvalue weighted by atomic mass is 127. The Balaban J connectivity index is 2.40. The first-order valence-electron chi connectivity index (χ1n) is 6.29. The Morgan fingerprint density at radius 2 is 2.19 bits per heavy atom. The van der Waals surface area contributed by atoms with Gasteiger partial charge < -0.3 is 14.8 Å². The van der Waals surface area contributed by atoms with Gasteiger partial charge >= 0.3 is 0 Å². The maximum Gasteiger partial charge on any atom is 0.276 e. The molecule has 0 aliphatic carbocycles. The van der Waals surface area contributed by atoms with Gasteiger partial charge in [0.25, 0.3) is 5.91 Å². The molecule has 1 heterocycles. The lowest BCUT2D eigenvalue weighted by Crippen LogP contribution is -2.25. The number of likely N-dealkylation sites (N-methyl/N-ethyl adjacent to an activating group) is 1. The van der Waals surface area contributed by atoms with E-state index in [1.165, 1.54) is 4.90 Å². The summed E-state index contributed by atoms with van der Waals surface area (Å²) >= 11 is 7.23. The number of hydrogen-bond acceptors (Lipinski definition) is 4. The maximum atomic E-state index is 12.0. The maximum absolute atomic E-state index is 12.0. The number of rotatable bonds is 4. The van der Waals surface area contributed by atoms with Crippen LogP contribution >= 0.6 is 34.8 Å². The zero-order valence-corrected chi connectivity index (χ0v) is 14.9. The topological polar surface area (TPSA) is 50.8 Å². The van der Waals surface area contributed by atoms with E-state index in [-0.39, 0.29) is 5.91 Å². The Hall–Kier alpha value is -1.35. The number of carbonyl (C=O) groups excluding carboxylic acids is 1. The monoisotopic (exact) mass is 418 g/mol. The number of thiocarbonyl (C=S) groups is 1. The molecule has 1 amide bonds. The lowest BCUT2D eigenvalue weighted by molar-refractivity contribution is -0.121. The average molecular weight is 418 g/mol. The molecule has 1 fully saturated rings. The molecule has 0 spiro atoms. The fraction of sp³-hybridized carbons (Fsp3) is 0.286. The van der Waals surface area contributed by atoms with E-state index in [4.69, 9.17) is 21.7 Å². The van der Waals surface area contributed by atoms with Crippen LogP contribution in [0.2, 0.25) is 0 Å². The van der Waals surface area contributed by atoms with Crippen LogP contribution in [0.1, 0.15) is 12.5 Å². The third kappa shape index (κ3) is 3.29. The van der Waals surface area contributed by atoms with E-state index in [9.17, 15) is 4.79 Å². The summed E-state index contributed by atoms with van der Waals surface area (Å²) in [5, 5.41) is 3.29. The van der Waals surface area contributed by atoms with Crippen molar-refractivity contribution in [2.75, 3.05) is 20.8 Å². The van der Waals surface area contributed by atoms with E-state index >= 15 is 0 Å². The van der Waals surface area contributed by atoms with E-state index in [1.807, 2.05) is 19.1 Å². The van der Waals surface area contributed by atoms with Crippen molar-refractivity contribution in [3.05, 3.63) is 27.0 Å². The first-order chi connectivity index (χ1) is 9.97. The van der Waals surface area contributed by atoms with Gasteiger partial charge in [0.2, 0.25) is 0 Å². The Kier molecular flexibility index (Phi) is 5.04. The molecule has 112 valence electrons. The lowest BCUT2D eigenvalue weighted by atomic mass is 10.1. The van der Waals surface area contributed by atoms with Crippen LogP contribution in [0.15, 0.2) is 17.8 Å². The number of halogens is 1. The van der Waals surface area contributed by atoms with Gasteiger partial charge in [-0.25, -0.2) is 0 Å². The second-order valence-corrected chi connectivity index (χ2v) is 5.87. The molecule has 0 saturated carbocycles. The predicted octanol–water partition coefficient (Wildman–Crippen LogP) is 2.39. The highest BCUT2D eigenvalue weighted by Gasteiger charge is 2.27. The van der Waals surface area contributed by atoms with Crippen LogP contribution in [-0.4, -0.2) is 36.7 Å². The molecule has 1 N–H and O–H groups in total. The smallest absolute Gasteiger partial charge is 0.276 e. The Bertz CT molecular complexity index is 631. The Morgan fingerprint density at radius 1 is 1.48 bits per heavy atom. The standard InChI is InChI=1S/C14H15IN2O3S/c1-4-20-12-9(15)5-8(7-11(12)19-3)6-10-13(18)17(2)14(21)16-10/h5-7H,4H2,1-3H3,(H,16,21). The number of amides is 1. The van der Waals surface area contributed by atoms with Crippen LogP contribution in [0.3, 0.4) is 0 Å². The highest BCUT2D eigenvalue weighted by molar-refractivity contribution is 14.1. The minimum absolute atomic E-state index is 0.150. The van der Waals surface area contributed by atoms with Crippen molar-refractivity contribution in [2.24, 2.45) is 0 Å². The summed E-state index contributed by atoms with van der Waals surface area (Å²) in [7, 11) is 3.23. The van der Waals surface area contributed by atoms with E-state index < -0.39 is 0 Å². The molecular formula is C14H15IN2O3S. The van der Waals surface area contributed by atoms with Gasteiger partial charge in [0.05, 0.1) is 17.3 Å². The quantitative estimate of drug-likeness (QED) is 0.463. The highest BCUT2D eigenvalue weighted by Crippen LogP contribution is 2.34. The van der Waals surface area contributed by atoms with Crippen LogP contribution in [0.25, 0.3) is 6.08 Å². The number of carbonyl (C=O) groups is 1. The zero-order valence-electron chi connectivity index (χ0n) is 11.9. The minimum Gasteiger partial charge on any atom is -0.493 e. The summed E-state index contributed by atoms with van der Waals surface area (Å²) in [5.41, 5.74) is 1.29. The molecule has 0 aromatic heterocycles. The summed E-state index contributed by atoms with van der Waals surface area (Å²) in [6.45, 7) is 2.48. The molecule has 1 aromatic rings. The van der Waals surface area contributed by atoms with Gasteiger partial charge in [-0.3, -0.25) is 9.69 Å². The van der Waals surface area contributed by atoms with Gasteiger partial charge in [-0.15, -0.1) is 0 Å². The molecule has 2 rings (SSSR count). The largest absolute Gasteiger partial charge is 0.493 e. The second kappa shape index (κ2) is 6.61. The molecule has 0 bridgehead atoms. The summed E-state index contributed by atoms with van der Waals surface area (Å²) in [4.78, 5) is 13.4. The number of ether oxygens (including phenoxy) is 2. The fourth-order valence-corrected chi connectivity index (χ4v) is 2.87. The normalized spacial score (nSPS) is 16.4. The predicted molar refractivity (Wildman–Crippen MR) is 93.4 cm³/mol. The van der Waals surface area contributed by atoms with Crippen LogP contribution in [0, 0.1) is 3.57 Å². The van der Waals surface area contributed by atoms with Crippen molar-refractivity contribution in [1.82, 2.24) is 10.2 Å². The first-order valence-corrected chi connectivity index (χ1v) is 7.77. The molecule has 0 radical (unpaired) electrons. The molecule has 0 atom stereocenters. The molecule has 1 saturated heterocycles. The van der Waals surface area contributed by atoms with Crippen molar-refractivity contribution in [2.45, 2.75) is 6.92 Å². The molecule has 21 heavy (non-hydrogen) atoms. The van der Waals surface area contributed by atoms with Gasteiger partial charge in [-0.1, -0.05) is 0 Å². The van der Waals surface area contributed by atoms with Crippen molar-refractivity contribution in [1.29, 1.82) is 0 Å². The third-order valence-corrected chi connectivity index (χ3v) is 4.11. The van der Waals surface area contributed by atoms with Crippen molar-refractivity contribution < 1.29 is 14.3 Å². The SMILES string of the molecule is CCOc1c(I)cc(C=C2NC(=S)N(C)C2=O)cc1OC. The second-order valence-electron chi connectivity index (χ2n) is 4.32. The number of nitrogens with one attached hydrogen (secondary N) is 1. The Morgan fingerprint density at radius 3 is 2.71 bits per heavy atom. The Labute approximate surface area is 142 Å². The van der Waals surface area contributed by atoms with E-state index in [0.29, 0.717) is 28.9 Å². The number of benzene rings is 1. The molecule has 0 unspecified atom stereocenters. The van der Waals surface area contributed by atoms with Gasteiger partial charge in [0.15, 0.2) is 16.6 Å². The summed E-state index contributed by atoms with van der Waals surface area (Å²) < 4.78 is 11.8. The van der Waals surface area contributed by atoms with E-state index in [2.05, 4.69) is 27.9 Å². The van der Waals surface area contributed by atoms with Gasteiger partial charge in [0, 0.05) is 7.05 Å². The van der Waals surface area contributed by atoms with Gasteiger partial charge in [-0.2, -0.15) is 0 Å². The minimum atomic E-state index is -0.150. The fourth-order valence-electron chi connectivity index (χ4n) is 1.90. The summed E-state index contributed by atoms with van der Waals surface area (Å²) in [5.74, 6) is 1.20. The lowest BCUT2D eigenvalue weighted by Gasteiger charge is -2.12. The first kappa shape index (κ1) is 16.0. The zero-order chi connectivity index (χ0) is 15.6. The van der Waals surface area contributed by atoms with Gasteiger partial charge in [-0.05, 0) is 65.5 Å². The average Bonchev–Trinajstić information content (AvgIpc) is 2.69. The van der Waals surface area contributed by atoms with Crippen LogP contribution in [0.4, 0.5) is 0 Å². The molecule has 1 aliphatic rings. The summed E-state index contributed by atoms with van der Waals surface area (Å²) in [6.07, 6.45) is 1.75. The number of hydrogen-bond donors (Lipinski definition) is 1.